The molecule has 12 aliphatic rings. The number of Topliss-reactive ketones (excluding diaryl/α,β-unsaturated/α-hetero) is 3. The minimum atomic E-state index is -1.39. The smallest absolute Gasteiger partial charge is 0.173 e. The first-order valence-corrected chi connectivity index (χ1v) is 28.6. The summed E-state index contributed by atoms with van der Waals surface area (Å²) in [5.41, 5.74) is -2.39. The molecule has 24 atom stereocenters. The summed E-state index contributed by atoms with van der Waals surface area (Å²) in [6.45, 7) is 12.5. The molecular weight excluding hydrogens is 950 g/mol. The van der Waals surface area contributed by atoms with Gasteiger partial charge in [0.15, 0.2) is 35.9 Å². The number of aliphatic hydroxyl groups excluding tert-OH is 3. The fraction of sp³-hybridized carbons (Fsp3) is 0.912. The van der Waals surface area contributed by atoms with Crippen molar-refractivity contribution in [2.24, 2.45) is 85.8 Å². The molecule has 19 unspecified atom stereocenters. The predicted octanol–water partition coefficient (Wildman–Crippen LogP) is 10.2. The lowest BCUT2D eigenvalue weighted by molar-refractivity contribution is -0.234. The molecule has 8 nitrogen and oxygen atoms in total. The van der Waals surface area contributed by atoms with Gasteiger partial charge in [-0.15, -0.1) is 0 Å². The van der Waals surface area contributed by atoms with Gasteiger partial charge in [0, 0.05) is 28.1 Å². The second-order valence-electron chi connectivity index (χ2n) is 27.1. The summed E-state index contributed by atoms with van der Waals surface area (Å²) in [5.74, 6) is -0.194. The number of fused-ring (bicyclic) bond motifs is 15. The zero-order valence-electron chi connectivity index (χ0n) is 42.3. The van der Waals surface area contributed by atoms with Crippen molar-refractivity contribution < 1.29 is 53.1 Å². The number of aliphatic hydroxyl groups is 5. The molecular formula is C57H84BrF3O8. The molecule has 388 valence electrons. The molecule has 0 aromatic rings. The molecule has 0 radical (unpaired) electrons. The Morgan fingerprint density at radius 3 is 1.54 bits per heavy atom. The molecule has 0 amide bonds. The van der Waals surface area contributed by atoms with Crippen LogP contribution in [-0.4, -0.2) is 95.7 Å². The number of carbonyl (C=O) groups is 3. The third kappa shape index (κ3) is 7.03. The number of rotatable bonds is 0. The predicted molar refractivity (Wildman–Crippen MR) is 260 cm³/mol. The van der Waals surface area contributed by atoms with Gasteiger partial charge in [0.25, 0.3) is 0 Å². The number of hydrogen-bond acceptors (Lipinski definition) is 8. The van der Waals surface area contributed by atoms with Crippen LogP contribution in [-0.2, 0) is 14.4 Å². The van der Waals surface area contributed by atoms with Gasteiger partial charge in [-0.25, -0.2) is 13.2 Å². The van der Waals surface area contributed by atoms with Crippen molar-refractivity contribution >= 4 is 33.3 Å². The molecule has 0 aliphatic heterocycles. The third-order valence-corrected chi connectivity index (χ3v) is 26.0. The van der Waals surface area contributed by atoms with Gasteiger partial charge in [0.05, 0.1) is 34.3 Å². The Bertz CT molecular complexity index is 2110. The van der Waals surface area contributed by atoms with E-state index in [0.29, 0.717) is 38.0 Å². The minimum Gasteiger partial charge on any atom is -0.393 e. The fourth-order valence-corrected chi connectivity index (χ4v) is 21.5. The quantitative estimate of drug-likeness (QED) is 0.119. The highest BCUT2D eigenvalue weighted by Crippen LogP contribution is 2.70. The van der Waals surface area contributed by atoms with Crippen molar-refractivity contribution in [3.8, 4) is 0 Å². The summed E-state index contributed by atoms with van der Waals surface area (Å²) in [6, 6.07) is 0. The molecule has 0 saturated heterocycles. The SMILES string of the molecule is CC12CCC3C(C(O)C(Br)[C@@]4(O)CCCCC34C)C1C[C@@H](F)C2=O.CC12CCC3C(C(O)C=C4CCCCC43C)C1C[C@@H](F)C2=O.CC12CCC3C(C(O)C[C@@]4(O)CCCCC34C)C1C[C@@H](F)C2=O. The van der Waals surface area contributed by atoms with Crippen molar-refractivity contribution in [2.75, 3.05) is 0 Å². The maximum absolute atomic E-state index is 14.3. The van der Waals surface area contributed by atoms with Gasteiger partial charge in [0.2, 0.25) is 0 Å². The van der Waals surface area contributed by atoms with Crippen molar-refractivity contribution in [1.82, 2.24) is 0 Å². The molecule has 12 aliphatic carbocycles. The molecule has 0 aromatic carbocycles. The molecule has 0 aromatic heterocycles. The summed E-state index contributed by atoms with van der Waals surface area (Å²) < 4.78 is 42.6. The normalized spacial score (nSPS) is 58.0. The van der Waals surface area contributed by atoms with E-state index in [1.165, 1.54) is 24.8 Å². The Morgan fingerprint density at radius 1 is 0.522 bits per heavy atom. The largest absolute Gasteiger partial charge is 0.393 e. The molecule has 0 spiro atoms. The second-order valence-corrected chi connectivity index (χ2v) is 28.1. The van der Waals surface area contributed by atoms with Gasteiger partial charge in [-0.2, -0.15) is 0 Å². The van der Waals surface area contributed by atoms with E-state index in [1.807, 2.05) is 20.8 Å². The van der Waals surface area contributed by atoms with E-state index in [9.17, 15) is 53.1 Å². The van der Waals surface area contributed by atoms with E-state index in [-0.39, 0.29) is 93.8 Å². The van der Waals surface area contributed by atoms with Crippen LogP contribution >= 0.6 is 15.9 Å². The molecule has 11 saturated carbocycles. The van der Waals surface area contributed by atoms with E-state index >= 15 is 0 Å². The zero-order valence-corrected chi connectivity index (χ0v) is 43.9. The van der Waals surface area contributed by atoms with Crippen LogP contribution in [0.1, 0.15) is 183 Å². The average Bonchev–Trinajstić information content (AvgIpc) is 3.79. The number of alkyl halides is 4. The van der Waals surface area contributed by atoms with Crippen LogP contribution < -0.4 is 0 Å². The summed E-state index contributed by atoms with van der Waals surface area (Å²) >= 11 is 3.61. The Hall–Kier alpha value is -1.18. The van der Waals surface area contributed by atoms with Gasteiger partial charge < -0.3 is 25.5 Å². The maximum Gasteiger partial charge on any atom is 0.173 e. The van der Waals surface area contributed by atoms with E-state index in [4.69, 9.17) is 0 Å². The lowest BCUT2D eigenvalue weighted by atomic mass is 9.43. The molecule has 11 fully saturated rings. The number of ketones is 3. The van der Waals surface area contributed by atoms with Crippen LogP contribution in [0.5, 0.6) is 0 Å². The summed E-state index contributed by atoms with van der Waals surface area (Å²) in [4.78, 5) is 36.7. The van der Waals surface area contributed by atoms with Gasteiger partial charge >= 0.3 is 0 Å². The number of hydrogen-bond donors (Lipinski definition) is 5. The van der Waals surface area contributed by atoms with Gasteiger partial charge in [-0.1, -0.05) is 101 Å². The molecule has 0 bridgehead atoms. The van der Waals surface area contributed by atoms with Crippen molar-refractivity contribution in [2.45, 2.75) is 236 Å². The minimum absolute atomic E-state index is 0.0142. The third-order valence-electron chi connectivity index (χ3n) is 24.7. The van der Waals surface area contributed by atoms with Crippen LogP contribution in [0.15, 0.2) is 11.6 Å². The Balaban J connectivity index is 0.000000120. The molecule has 69 heavy (non-hydrogen) atoms. The van der Waals surface area contributed by atoms with Crippen molar-refractivity contribution in [1.29, 1.82) is 0 Å². The number of allylic oxidation sites excluding steroid dienone is 1. The molecule has 5 N–H and O–H groups in total. The van der Waals surface area contributed by atoms with Crippen LogP contribution in [0.2, 0.25) is 0 Å². The van der Waals surface area contributed by atoms with Crippen LogP contribution in [0, 0.1) is 85.8 Å². The first kappa shape index (κ1) is 51.3. The topological polar surface area (TPSA) is 152 Å². The number of halogens is 4. The highest BCUT2D eigenvalue weighted by molar-refractivity contribution is 9.09. The van der Waals surface area contributed by atoms with E-state index < -0.39 is 69.1 Å². The molecule has 12 heteroatoms. The summed E-state index contributed by atoms with van der Waals surface area (Å²) in [7, 11) is 0. The Kier molecular flexibility index (Phi) is 12.8. The van der Waals surface area contributed by atoms with Crippen LogP contribution in [0.25, 0.3) is 0 Å². The first-order chi connectivity index (χ1) is 32.3. The first-order valence-electron chi connectivity index (χ1n) is 27.7. The monoisotopic (exact) mass is 1030 g/mol. The summed E-state index contributed by atoms with van der Waals surface area (Å²) in [5, 5.41) is 55.5. The Labute approximate surface area is 417 Å². The van der Waals surface area contributed by atoms with E-state index in [1.54, 1.807) is 0 Å². The highest BCUT2D eigenvalue weighted by atomic mass is 79.9. The van der Waals surface area contributed by atoms with E-state index in [2.05, 4.69) is 42.8 Å². The molecule has 12 rings (SSSR count). The van der Waals surface area contributed by atoms with Gasteiger partial charge in [-0.05, 0) is 167 Å². The van der Waals surface area contributed by atoms with E-state index in [0.717, 1.165) is 77.0 Å². The standard InChI is InChI=1S/C19H28BrFO3.C19H29FO3.C19H27FO2/c1-17-8-5-10-13(11(17)9-12(21)16(17)23)14(22)15(20)19(24)7-4-3-6-18(10,19)2;1-17-8-5-11-15(12(17)9-13(20)16(17)22)14(21)10-19(23)7-4-3-6-18(11,19)2;1-18-7-4-3-5-11(18)9-15(21)16-12(18)6-8-19(2)13(16)10-14(20)17(19)22/h10-15,22,24H,3-9H2,1-2H3;11-15,21,23H,3-10H2,1-2H3;9,12-16,21H,3-8,10H2,1-2H3/t10?,11?,12-,13?,14?,15?,17?,18?,19+;11?,12?,13-,14?,15?,17?,18?,19+;12?,13?,14-,15?,16?,18?,19?/m111/s1. The Morgan fingerprint density at radius 2 is 0.971 bits per heavy atom. The molecule has 0 heterocycles. The number of carbonyl (C=O) groups excluding carboxylic acids is 3. The highest BCUT2D eigenvalue weighted by Gasteiger charge is 2.71. The average molecular weight is 1030 g/mol. The van der Waals surface area contributed by atoms with Gasteiger partial charge in [-0.3, -0.25) is 14.4 Å². The lowest BCUT2D eigenvalue weighted by Gasteiger charge is -2.65. The fourth-order valence-electron chi connectivity index (χ4n) is 20.4. The van der Waals surface area contributed by atoms with Crippen LogP contribution in [0.3, 0.4) is 0 Å². The summed E-state index contributed by atoms with van der Waals surface area (Å²) in [6.07, 6.45) is 14.5. The zero-order chi connectivity index (χ0) is 49.8. The van der Waals surface area contributed by atoms with Crippen LogP contribution in [0.4, 0.5) is 13.2 Å². The van der Waals surface area contributed by atoms with Crippen molar-refractivity contribution in [3.05, 3.63) is 11.6 Å². The second kappa shape index (κ2) is 17.2. The lowest BCUT2D eigenvalue weighted by Crippen LogP contribution is -2.70. The van der Waals surface area contributed by atoms with Gasteiger partial charge in [0.1, 0.15) is 0 Å². The van der Waals surface area contributed by atoms with Crippen molar-refractivity contribution in [3.63, 3.8) is 0 Å². The maximum atomic E-state index is 14.3.